The van der Waals surface area contributed by atoms with Gasteiger partial charge in [-0.2, -0.15) is 9.38 Å². The number of benzene rings is 1. The molecule has 3 rings (SSSR count). The Morgan fingerprint density at radius 1 is 1.43 bits per heavy atom. The highest BCUT2D eigenvalue weighted by Gasteiger charge is 2.24. The first-order valence-electron chi connectivity index (χ1n) is 6.45. The molecule has 2 N–H and O–H groups in total. The van der Waals surface area contributed by atoms with Crippen LogP contribution in [0.15, 0.2) is 29.8 Å². The first kappa shape index (κ1) is 16.0. The zero-order chi connectivity index (χ0) is 16.6. The van der Waals surface area contributed by atoms with Gasteiger partial charge >= 0.3 is 5.82 Å². The lowest BCUT2D eigenvalue weighted by Crippen LogP contribution is -2.14. The number of thiazole rings is 1. The normalized spacial score (nSPS) is 12.5. The number of nitro groups is 1. The van der Waals surface area contributed by atoms with E-state index in [1.54, 1.807) is 29.8 Å². The van der Waals surface area contributed by atoms with Crippen molar-refractivity contribution >= 4 is 51.1 Å². The van der Waals surface area contributed by atoms with Crippen molar-refractivity contribution in [3.05, 3.63) is 55.5 Å². The third-order valence-electron chi connectivity index (χ3n) is 3.21. The van der Waals surface area contributed by atoms with Crippen LogP contribution < -0.4 is 5.32 Å². The van der Waals surface area contributed by atoms with Crippen molar-refractivity contribution in [3.63, 3.8) is 0 Å². The molecule has 2 heterocycles. The van der Waals surface area contributed by atoms with Crippen molar-refractivity contribution in [1.82, 2.24) is 9.38 Å². The molecular weight excluding hydrogens is 363 g/mol. The molecule has 0 bridgehead atoms. The fourth-order valence-electron chi connectivity index (χ4n) is 2.19. The molecule has 1 unspecified atom stereocenters. The van der Waals surface area contributed by atoms with E-state index >= 15 is 0 Å². The molecule has 1 atom stereocenters. The summed E-state index contributed by atoms with van der Waals surface area (Å²) in [5.74, 6) is -0.0946. The van der Waals surface area contributed by atoms with E-state index in [0.717, 1.165) is 0 Å². The Hall–Kier alpha value is -1.87. The molecule has 7 nitrogen and oxygen atoms in total. The van der Waals surface area contributed by atoms with Crippen LogP contribution in [0.5, 0.6) is 0 Å². The number of aliphatic hydroxyl groups excluding tert-OH is 1. The maximum Gasteiger partial charge on any atom is 0.372 e. The molecule has 1 aromatic carbocycles. The lowest BCUT2D eigenvalue weighted by molar-refractivity contribution is -0.389. The minimum absolute atomic E-state index is 0.0187. The van der Waals surface area contributed by atoms with Crippen LogP contribution in [0.3, 0.4) is 0 Å². The summed E-state index contributed by atoms with van der Waals surface area (Å²) < 4.78 is 1.38. The zero-order valence-corrected chi connectivity index (χ0v) is 13.8. The first-order chi connectivity index (χ1) is 11.0. The Kier molecular flexibility index (Phi) is 4.40. The monoisotopic (exact) mass is 372 g/mol. The summed E-state index contributed by atoms with van der Waals surface area (Å²) in [6, 6.07) is 4.89. The maximum absolute atomic E-state index is 11.2. The van der Waals surface area contributed by atoms with Gasteiger partial charge in [-0.15, -0.1) is 0 Å². The lowest BCUT2D eigenvalue weighted by atomic mass is 10.1. The number of halogens is 2. The van der Waals surface area contributed by atoms with Crippen molar-refractivity contribution < 1.29 is 10.0 Å². The Labute approximate surface area is 144 Å². The molecule has 0 radical (unpaired) electrons. The highest BCUT2D eigenvalue weighted by atomic mass is 35.5. The molecule has 0 aliphatic heterocycles. The number of imidazole rings is 1. The summed E-state index contributed by atoms with van der Waals surface area (Å²) in [7, 11) is 0. The molecule has 3 aromatic rings. The molecule has 23 heavy (non-hydrogen) atoms. The predicted octanol–water partition coefficient (Wildman–Crippen LogP) is 3.76. The van der Waals surface area contributed by atoms with E-state index in [1.807, 2.05) is 0 Å². The molecular formula is C13H10Cl2N4O3S. The third kappa shape index (κ3) is 2.98. The summed E-state index contributed by atoms with van der Waals surface area (Å²) in [6.45, 7) is -0.0187. The van der Waals surface area contributed by atoms with E-state index in [9.17, 15) is 15.2 Å². The quantitative estimate of drug-likeness (QED) is 0.525. The van der Waals surface area contributed by atoms with Gasteiger partial charge in [0.1, 0.15) is 6.20 Å². The van der Waals surface area contributed by atoms with Crippen molar-refractivity contribution in [2.75, 3.05) is 11.9 Å². The summed E-state index contributed by atoms with van der Waals surface area (Å²) in [4.78, 5) is 15.3. The van der Waals surface area contributed by atoms with Crippen molar-refractivity contribution in [1.29, 1.82) is 0 Å². The van der Waals surface area contributed by atoms with E-state index in [-0.39, 0.29) is 18.2 Å². The fraction of sp³-hybridized carbons (Fsp3) is 0.154. The molecule has 2 aromatic heterocycles. The van der Waals surface area contributed by atoms with Gasteiger partial charge in [0.05, 0.1) is 6.10 Å². The van der Waals surface area contributed by atoms with Gasteiger partial charge in [0.15, 0.2) is 0 Å². The Bertz CT molecular complexity index is 859. The van der Waals surface area contributed by atoms with Crippen LogP contribution >= 0.6 is 34.5 Å². The number of nitrogens with zero attached hydrogens (tertiary/aromatic N) is 3. The summed E-state index contributed by atoms with van der Waals surface area (Å²) in [6.07, 6.45) is 0.535. The SMILES string of the molecule is O=[N+]([O-])c1c(NCC(O)c2c(Cl)cccc2Cl)nc2sccn12. The van der Waals surface area contributed by atoms with Gasteiger partial charge in [-0.25, -0.2) is 0 Å². The van der Waals surface area contributed by atoms with Crippen LogP contribution in [0, 0.1) is 10.1 Å². The van der Waals surface area contributed by atoms with Gasteiger partial charge in [-0.1, -0.05) is 40.6 Å². The predicted molar refractivity (Wildman–Crippen MR) is 89.6 cm³/mol. The van der Waals surface area contributed by atoms with Crippen LogP contribution in [-0.2, 0) is 0 Å². The Morgan fingerprint density at radius 2 is 2.13 bits per heavy atom. The fourth-order valence-corrected chi connectivity index (χ4v) is 3.55. The molecule has 0 spiro atoms. The van der Waals surface area contributed by atoms with E-state index in [4.69, 9.17) is 23.2 Å². The molecule has 0 aliphatic carbocycles. The largest absolute Gasteiger partial charge is 0.386 e. The van der Waals surface area contributed by atoms with E-state index in [0.29, 0.717) is 20.6 Å². The van der Waals surface area contributed by atoms with Crippen LogP contribution in [0.1, 0.15) is 11.7 Å². The van der Waals surface area contributed by atoms with Crippen molar-refractivity contribution in [3.8, 4) is 0 Å². The summed E-state index contributed by atoms with van der Waals surface area (Å²) in [5.41, 5.74) is 0.368. The maximum atomic E-state index is 11.2. The van der Waals surface area contributed by atoms with Crippen molar-refractivity contribution in [2.24, 2.45) is 0 Å². The van der Waals surface area contributed by atoms with Crippen molar-refractivity contribution in [2.45, 2.75) is 6.10 Å². The smallest absolute Gasteiger partial charge is 0.372 e. The standard InChI is InChI=1S/C13H10Cl2N4O3S/c14-7-2-1-3-8(15)10(7)9(20)6-16-11-12(19(21)22)18-4-5-23-13(18)17-11/h1-5,9,16,20H,6H2. The second-order valence-electron chi connectivity index (χ2n) is 4.63. The van der Waals surface area contributed by atoms with Gasteiger partial charge in [-0.05, 0) is 17.1 Å². The number of hydrogen-bond donors (Lipinski definition) is 2. The van der Waals surface area contributed by atoms with Crippen LogP contribution in [0.4, 0.5) is 11.6 Å². The van der Waals surface area contributed by atoms with Crippen LogP contribution in [0.25, 0.3) is 4.96 Å². The molecule has 0 saturated heterocycles. The average molecular weight is 373 g/mol. The number of aromatic nitrogens is 2. The minimum atomic E-state index is -1.03. The van der Waals surface area contributed by atoms with Gasteiger partial charge < -0.3 is 20.5 Å². The number of nitrogens with one attached hydrogen (secondary N) is 1. The topological polar surface area (TPSA) is 92.7 Å². The second-order valence-corrected chi connectivity index (χ2v) is 6.32. The number of aliphatic hydroxyl groups is 1. The van der Waals surface area contributed by atoms with E-state index in [1.165, 1.54) is 15.7 Å². The highest BCUT2D eigenvalue weighted by molar-refractivity contribution is 7.15. The molecule has 0 aliphatic rings. The number of anilines is 1. The Morgan fingerprint density at radius 3 is 2.78 bits per heavy atom. The lowest BCUT2D eigenvalue weighted by Gasteiger charge is -2.14. The van der Waals surface area contributed by atoms with Gasteiger partial charge in [-0.3, -0.25) is 0 Å². The summed E-state index contributed by atoms with van der Waals surface area (Å²) in [5, 5.41) is 26.6. The van der Waals surface area contributed by atoms with Gasteiger partial charge in [0.25, 0.3) is 4.96 Å². The van der Waals surface area contributed by atoms with E-state index in [2.05, 4.69) is 10.3 Å². The number of rotatable bonds is 5. The molecule has 0 amide bonds. The zero-order valence-electron chi connectivity index (χ0n) is 11.4. The van der Waals surface area contributed by atoms with Crippen LogP contribution in [0.2, 0.25) is 10.0 Å². The van der Waals surface area contributed by atoms with E-state index < -0.39 is 11.0 Å². The molecule has 120 valence electrons. The molecule has 10 heteroatoms. The minimum Gasteiger partial charge on any atom is -0.386 e. The molecule has 0 saturated carbocycles. The van der Waals surface area contributed by atoms with Crippen LogP contribution in [-0.4, -0.2) is 26.0 Å². The van der Waals surface area contributed by atoms with Gasteiger partial charge in [0.2, 0.25) is 5.82 Å². The Balaban J connectivity index is 1.85. The second kappa shape index (κ2) is 6.32. The number of hydrogen-bond acceptors (Lipinski definition) is 6. The first-order valence-corrected chi connectivity index (χ1v) is 8.08. The summed E-state index contributed by atoms with van der Waals surface area (Å²) >= 11 is 13.4. The highest BCUT2D eigenvalue weighted by Crippen LogP contribution is 2.32. The third-order valence-corrected chi connectivity index (χ3v) is 4.62. The average Bonchev–Trinajstić information content (AvgIpc) is 3.04. The molecule has 0 fully saturated rings. The number of fused-ring (bicyclic) bond motifs is 1. The van der Waals surface area contributed by atoms with Gasteiger partial charge in [0, 0.05) is 27.5 Å².